The van der Waals surface area contributed by atoms with Gasteiger partial charge in [0.2, 0.25) is 10.0 Å². The highest BCUT2D eigenvalue weighted by Gasteiger charge is 2.21. The second-order valence-corrected chi connectivity index (χ2v) is 11.8. The summed E-state index contributed by atoms with van der Waals surface area (Å²) in [4.78, 5) is 28.1. The maximum Gasteiger partial charge on any atom is 0.326 e. The van der Waals surface area contributed by atoms with Gasteiger partial charge in [0.15, 0.2) is 5.78 Å². The summed E-state index contributed by atoms with van der Waals surface area (Å²) in [5.74, 6) is -0.650. The van der Waals surface area contributed by atoms with Gasteiger partial charge in [-0.05, 0) is 51.3 Å². The van der Waals surface area contributed by atoms with Gasteiger partial charge in [-0.1, -0.05) is 0 Å². The Morgan fingerprint density at radius 1 is 1.18 bits per heavy atom. The highest BCUT2D eigenvalue weighted by molar-refractivity contribution is 7.92. The van der Waals surface area contributed by atoms with E-state index in [1.165, 1.54) is 6.92 Å². The van der Waals surface area contributed by atoms with Gasteiger partial charge in [-0.25, -0.2) is 8.42 Å². The predicted octanol–water partition coefficient (Wildman–Crippen LogP) is 4.84. The smallest absolute Gasteiger partial charge is 0.326 e. The van der Waals surface area contributed by atoms with Gasteiger partial charge < -0.3 is 19.6 Å². The molecule has 0 aliphatic carbocycles. The van der Waals surface area contributed by atoms with E-state index in [4.69, 9.17) is 4.74 Å². The number of benzene rings is 1. The van der Waals surface area contributed by atoms with E-state index in [9.17, 15) is 18.0 Å². The lowest BCUT2D eigenvalue weighted by atomic mass is 10.1. The van der Waals surface area contributed by atoms with E-state index >= 15 is 0 Å². The molecule has 0 aliphatic heterocycles. The van der Waals surface area contributed by atoms with Crippen LogP contribution in [0.3, 0.4) is 0 Å². The van der Waals surface area contributed by atoms with Crippen LogP contribution in [0, 0.1) is 0 Å². The minimum Gasteiger partial charge on any atom is -0.459 e. The van der Waals surface area contributed by atoms with Gasteiger partial charge in [-0.15, -0.1) is 11.3 Å². The number of nitrogens with one attached hydrogen (secondary N) is 3. The summed E-state index contributed by atoms with van der Waals surface area (Å²) in [7, 11) is -3.61. The Bertz CT molecular complexity index is 1520. The lowest BCUT2D eigenvalue weighted by Crippen LogP contribution is -2.26. The topological polar surface area (TPSA) is 122 Å². The second-order valence-electron chi connectivity index (χ2n) is 9.09. The summed E-state index contributed by atoms with van der Waals surface area (Å²) in [6, 6.07) is 5.29. The quantitative estimate of drug-likeness (QED) is 0.245. The Morgan fingerprint density at radius 3 is 2.56 bits per heavy atom. The average molecular weight is 503 g/mol. The monoisotopic (exact) mass is 502 g/mol. The predicted molar refractivity (Wildman–Crippen MR) is 136 cm³/mol. The summed E-state index contributed by atoms with van der Waals surface area (Å²) >= 11 is 1.54. The summed E-state index contributed by atoms with van der Waals surface area (Å²) in [5, 5.41) is 5.78. The first-order valence-corrected chi connectivity index (χ1v) is 13.3. The maximum absolute atomic E-state index is 12.5. The van der Waals surface area contributed by atoms with Crippen molar-refractivity contribution in [3.8, 4) is 0 Å². The van der Waals surface area contributed by atoms with Crippen molar-refractivity contribution in [1.29, 1.82) is 0 Å². The summed E-state index contributed by atoms with van der Waals surface area (Å²) in [6.07, 6.45) is 4.46. The molecular weight excluding hydrogens is 476 g/mol. The molecule has 3 aromatic heterocycles. The number of hydrogen-bond donors (Lipinski definition) is 3. The van der Waals surface area contributed by atoms with Crippen LogP contribution in [-0.4, -0.2) is 41.6 Å². The molecule has 0 saturated carbocycles. The molecule has 0 fully saturated rings. The van der Waals surface area contributed by atoms with E-state index in [1.807, 2.05) is 11.4 Å². The van der Waals surface area contributed by atoms with Crippen molar-refractivity contribution in [3.05, 3.63) is 41.5 Å². The molecule has 3 N–H and O–H groups in total. The number of Topliss-reactive ketones (excluding diaryl/α,β-unsaturated/α-hetero) is 1. The zero-order valence-electron chi connectivity index (χ0n) is 19.5. The van der Waals surface area contributed by atoms with Crippen LogP contribution in [0.25, 0.3) is 21.1 Å². The van der Waals surface area contributed by atoms with Gasteiger partial charge in [0.25, 0.3) is 0 Å². The Hall–Kier alpha value is -3.31. The van der Waals surface area contributed by atoms with Crippen molar-refractivity contribution in [2.45, 2.75) is 39.8 Å². The van der Waals surface area contributed by atoms with E-state index in [-0.39, 0.29) is 12.3 Å². The Balaban J connectivity index is 1.86. The van der Waals surface area contributed by atoms with Gasteiger partial charge in [0.1, 0.15) is 12.1 Å². The molecular formula is C23H26N4O5S2. The number of aromatic amines is 1. The van der Waals surface area contributed by atoms with Crippen molar-refractivity contribution in [2.75, 3.05) is 16.3 Å². The van der Waals surface area contributed by atoms with Gasteiger partial charge in [0, 0.05) is 23.3 Å². The average Bonchev–Trinajstić information content (AvgIpc) is 3.36. The van der Waals surface area contributed by atoms with Crippen LogP contribution in [0.15, 0.2) is 36.0 Å². The van der Waals surface area contributed by atoms with Crippen LogP contribution < -0.4 is 10.0 Å². The molecule has 0 radical (unpaired) electrons. The molecule has 180 valence electrons. The molecule has 3 heterocycles. The number of ether oxygens (including phenoxy) is 1. The lowest BCUT2D eigenvalue weighted by Gasteiger charge is -2.20. The molecule has 0 aliphatic rings. The van der Waals surface area contributed by atoms with Crippen molar-refractivity contribution < 1.29 is 22.7 Å². The first kappa shape index (κ1) is 23.8. The lowest BCUT2D eigenvalue weighted by molar-refractivity contribution is -0.155. The Labute approximate surface area is 201 Å². The third kappa shape index (κ3) is 5.10. The standard InChI is InChI=1S/C23H26N4O5S2/c1-13(28)15-11-27(12-21(29)32-23(2,3)4)20-9-17(18(8-14(15)20)26-34(5,30)31)25-19-10-24-16-6-7-33-22(16)19/h6-11,24-26H,12H2,1-5H3. The highest BCUT2D eigenvalue weighted by atomic mass is 32.2. The van der Waals surface area contributed by atoms with Gasteiger partial charge in [0.05, 0.1) is 39.1 Å². The molecule has 0 saturated heterocycles. The van der Waals surface area contributed by atoms with Crippen molar-refractivity contribution in [1.82, 2.24) is 9.55 Å². The zero-order valence-corrected chi connectivity index (χ0v) is 21.1. The molecule has 0 amide bonds. The fourth-order valence-electron chi connectivity index (χ4n) is 3.73. The van der Waals surface area contributed by atoms with E-state index in [0.717, 1.165) is 22.2 Å². The van der Waals surface area contributed by atoms with Crippen molar-refractivity contribution in [2.24, 2.45) is 0 Å². The van der Waals surface area contributed by atoms with Crippen LogP contribution in [0.1, 0.15) is 38.1 Å². The number of nitrogens with zero attached hydrogens (tertiary/aromatic N) is 1. The molecule has 4 aromatic rings. The number of esters is 1. The van der Waals surface area contributed by atoms with Crippen LogP contribution in [-0.2, 0) is 26.1 Å². The number of aromatic nitrogens is 2. The zero-order chi connectivity index (χ0) is 24.8. The molecule has 1 aromatic carbocycles. The number of carbonyl (C=O) groups excluding carboxylic acids is 2. The molecule has 0 unspecified atom stereocenters. The SMILES string of the molecule is CC(=O)c1cn(CC(=O)OC(C)(C)C)c2cc(Nc3c[nH]c4ccsc34)c(NS(C)(=O)=O)cc12. The Kier molecular flexibility index (Phi) is 5.94. The fraction of sp³-hybridized carbons (Fsp3) is 0.304. The first-order valence-electron chi connectivity index (χ1n) is 10.5. The van der Waals surface area contributed by atoms with E-state index in [2.05, 4.69) is 15.0 Å². The summed E-state index contributed by atoms with van der Waals surface area (Å²) in [5.41, 5.74) is 2.82. The number of ketones is 1. The third-order valence-electron chi connectivity index (χ3n) is 4.97. The number of rotatable bonds is 7. The molecule has 4 rings (SSSR count). The van der Waals surface area contributed by atoms with Crippen LogP contribution >= 0.6 is 11.3 Å². The van der Waals surface area contributed by atoms with E-state index in [0.29, 0.717) is 27.8 Å². The third-order valence-corrected chi connectivity index (χ3v) is 6.50. The van der Waals surface area contributed by atoms with E-state index < -0.39 is 21.6 Å². The number of carbonyl (C=O) groups is 2. The Morgan fingerprint density at radius 2 is 1.91 bits per heavy atom. The van der Waals surface area contributed by atoms with Crippen LogP contribution in [0.2, 0.25) is 0 Å². The number of H-pyrrole nitrogens is 1. The van der Waals surface area contributed by atoms with Crippen LogP contribution in [0.4, 0.5) is 17.1 Å². The second kappa shape index (κ2) is 8.48. The van der Waals surface area contributed by atoms with Gasteiger partial charge in [-0.2, -0.15) is 0 Å². The largest absolute Gasteiger partial charge is 0.459 e. The van der Waals surface area contributed by atoms with Crippen LogP contribution in [0.5, 0.6) is 0 Å². The normalized spacial score (nSPS) is 12.3. The minimum absolute atomic E-state index is 0.0985. The molecule has 0 atom stereocenters. The number of fused-ring (bicyclic) bond motifs is 2. The number of thiophene rings is 1. The van der Waals surface area contributed by atoms with Gasteiger partial charge in [-0.3, -0.25) is 14.3 Å². The molecule has 0 spiro atoms. The van der Waals surface area contributed by atoms with Crippen molar-refractivity contribution >= 4 is 71.3 Å². The molecule has 9 nitrogen and oxygen atoms in total. The number of anilines is 3. The summed E-state index contributed by atoms with van der Waals surface area (Å²) < 4.78 is 34.8. The fourth-order valence-corrected chi connectivity index (χ4v) is 5.13. The van der Waals surface area contributed by atoms with Gasteiger partial charge >= 0.3 is 5.97 Å². The highest BCUT2D eigenvalue weighted by Crippen LogP contribution is 2.37. The molecule has 0 bridgehead atoms. The minimum atomic E-state index is -3.61. The first-order chi connectivity index (χ1) is 15.8. The number of hydrogen-bond acceptors (Lipinski definition) is 7. The molecule has 11 heteroatoms. The number of sulfonamides is 1. The van der Waals surface area contributed by atoms with Crippen molar-refractivity contribution in [3.63, 3.8) is 0 Å². The molecule has 34 heavy (non-hydrogen) atoms. The summed E-state index contributed by atoms with van der Waals surface area (Å²) in [6.45, 7) is 6.68. The maximum atomic E-state index is 12.5. The van der Waals surface area contributed by atoms with E-state index in [1.54, 1.807) is 61.2 Å².